The van der Waals surface area contributed by atoms with Gasteiger partial charge in [-0.2, -0.15) is 5.10 Å². The van der Waals surface area contributed by atoms with Gasteiger partial charge in [0.1, 0.15) is 18.2 Å². The molecule has 0 aliphatic rings. The highest BCUT2D eigenvalue weighted by atomic mass is 35.5. The first kappa shape index (κ1) is 32.5. The summed E-state index contributed by atoms with van der Waals surface area (Å²) in [5.74, 6) is 0.717. The van der Waals surface area contributed by atoms with Crippen molar-refractivity contribution in [3.05, 3.63) is 83.8 Å². The SMILES string of the molecule is C=C.CCc1c(N(C)CC(=O)NCCN(CC)CC)cnnc1Nc1ccc(OCc2cccc(F)c2)c(Cl)c1. The van der Waals surface area contributed by atoms with Crippen LogP contribution in [0.1, 0.15) is 31.9 Å². The van der Waals surface area contributed by atoms with Gasteiger partial charge in [0.2, 0.25) is 5.91 Å². The van der Waals surface area contributed by atoms with E-state index in [1.807, 2.05) is 24.9 Å². The molecular formula is C30H40ClFN6O2. The first-order valence-corrected chi connectivity index (χ1v) is 13.7. The van der Waals surface area contributed by atoms with Crippen LogP contribution >= 0.6 is 11.6 Å². The van der Waals surface area contributed by atoms with Crippen molar-refractivity contribution < 1.29 is 13.9 Å². The Hall–Kier alpha value is -3.69. The minimum absolute atomic E-state index is 0.0476. The highest BCUT2D eigenvalue weighted by molar-refractivity contribution is 6.32. The summed E-state index contributed by atoms with van der Waals surface area (Å²) in [4.78, 5) is 16.7. The van der Waals surface area contributed by atoms with Crippen LogP contribution in [0.25, 0.3) is 0 Å². The van der Waals surface area contributed by atoms with Gasteiger partial charge >= 0.3 is 0 Å². The van der Waals surface area contributed by atoms with E-state index >= 15 is 0 Å². The predicted octanol–water partition coefficient (Wildman–Crippen LogP) is 5.85. The summed E-state index contributed by atoms with van der Waals surface area (Å²) in [5.41, 5.74) is 3.18. The summed E-state index contributed by atoms with van der Waals surface area (Å²) in [5, 5.41) is 15.1. The quantitative estimate of drug-likeness (QED) is 0.235. The Labute approximate surface area is 242 Å². The standard InChI is InChI=1S/C28H36ClFN6O2.C2H4/c1-5-23-25(35(4)18-27(37)31-13-14-36(6-2)7-3)17-32-34-28(23)33-22-11-12-26(24(29)16-22)38-19-20-9-8-10-21(30)15-20;1-2/h8-12,15-17H,5-7,13-14,18-19H2,1-4H3,(H,31,37)(H,33,34);1-2H2. The van der Waals surface area contributed by atoms with Crippen molar-refractivity contribution in [2.75, 3.05) is 50.0 Å². The van der Waals surface area contributed by atoms with E-state index in [2.05, 4.69) is 52.7 Å². The van der Waals surface area contributed by atoms with Gasteiger partial charge in [0.05, 0.1) is 23.5 Å². The summed E-state index contributed by atoms with van der Waals surface area (Å²) in [7, 11) is 1.87. The Balaban J connectivity index is 0.00000274. The predicted molar refractivity (Wildman–Crippen MR) is 162 cm³/mol. The molecule has 2 N–H and O–H groups in total. The molecule has 0 bridgehead atoms. The molecular weight excluding hydrogens is 531 g/mol. The van der Waals surface area contributed by atoms with Gasteiger partial charge in [0.25, 0.3) is 0 Å². The number of hydrogen-bond acceptors (Lipinski definition) is 7. The molecule has 0 radical (unpaired) electrons. The van der Waals surface area contributed by atoms with E-state index in [0.717, 1.165) is 30.9 Å². The average Bonchev–Trinajstić information content (AvgIpc) is 2.96. The van der Waals surface area contributed by atoms with Gasteiger partial charge in [-0.15, -0.1) is 18.3 Å². The largest absolute Gasteiger partial charge is 0.487 e. The van der Waals surface area contributed by atoms with Crippen molar-refractivity contribution in [1.29, 1.82) is 0 Å². The molecule has 2 aromatic carbocycles. The number of halogens is 2. The Kier molecular flexibility index (Phi) is 13.9. The topological polar surface area (TPSA) is 82.6 Å². The third-order valence-electron chi connectivity index (χ3n) is 6.20. The molecule has 1 heterocycles. The normalized spacial score (nSPS) is 10.5. The number of nitrogens with one attached hydrogen (secondary N) is 2. The van der Waals surface area contributed by atoms with Crippen LogP contribution in [0.3, 0.4) is 0 Å². The Morgan fingerprint density at radius 1 is 1.12 bits per heavy atom. The van der Waals surface area contributed by atoms with Gasteiger partial charge in [-0.05, 0) is 55.4 Å². The number of hydrogen-bond donors (Lipinski definition) is 2. The van der Waals surface area contributed by atoms with Crippen LogP contribution in [0.15, 0.2) is 61.8 Å². The fraction of sp³-hybridized carbons (Fsp3) is 0.367. The van der Waals surface area contributed by atoms with E-state index < -0.39 is 0 Å². The molecule has 3 aromatic rings. The van der Waals surface area contributed by atoms with Crippen LogP contribution < -0.4 is 20.3 Å². The van der Waals surface area contributed by atoms with Crippen LogP contribution in [0.4, 0.5) is 21.6 Å². The molecule has 0 aliphatic heterocycles. The Morgan fingerprint density at radius 3 is 2.52 bits per heavy atom. The minimum Gasteiger partial charge on any atom is -0.487 e. The lowest BCUT2D eigenvalue weighted by molar-refractivity contribution is -0.119. The number of benzene rings is 2. The maximum Gasteiger partial charge on any atom is 0.239 e. The van der Waals surface area contributed by atoms with Gasteiger partial charge in [-0.25, -0.2) is 4.39 Å². The summed E-state index contributed by atoms with van der Waals surface area (Å²) < 4.78 is 19.2. The minimum atomic E-state index is -0.312. The highest BCUT2D eigenvalue weighted by Crippen LogP contribution is 2.32. The van der Waals surface area contributed by atoms with E-state index in [4.69, 9.17) is 16.3 Å². The number of carbonyl (C=O) groups excluding carboxylic acids is 1. The molecule has 10 heteroatoms. The van der Waals surface area contributed by atoms with Crippen molar-refractivity contribution in [1.82, 2.24) is 20.4 Å². The number of likely N-dealkylation sites (N-methyl/N-ethyl adjacent to an activating group) is 2. The van der Waals surface area contributed by atoms with Crippen molar-refractivity contribution in [3.63, 3.8) is 0 Å². The van der Waals surface area contributed by atoms with Crippen molar-refractivity contribution >= 4 is 34.7 Å². The van der Waals surface area contributed by atoms with Gasteiger partial charge in [-0.3, -0.25) is 4.79 Å². The third-order valence-corrected chi connectivity index (χ3v) is 6.50. The summed E-state index contributed by atoms with van der Waals surface area (Å²) in [6.45, 7) is 16.0. The van der Waals surface area contributed by atoms with Crippen LogP contribution in [0.5, 0.6) is 5.75 Å². The van der Waals surface area contributed by atoms with Crippen molar-refractivity contribution in [2.24, 2.45) is 0 Å². The zero-order valence-corrected chi connectivity index (χ0v) is 24.6. The van der Waals surface area contributed by atoms with Crippen LogP contribution in [0, 0.1) is 5.82 Å². The van der Waals surface area contributed by atoms with Gasteiger partial charge in [0.15, 0.2) is 5.82 Å². The second-order valence-corrected chi connectivity index (χ2v) is 9.24. The summed E-state index contributed by atoms with van der Waals surface area (Å²) >= 11 is 6.45. The fourth-order valence-corrected chi connectivity index (χ4v) is 4.28. The molecule has 0 spiro atoms. The van der Waals surface area contributed by atoms with Gasteiger partial charge in [0, 0.05) is 31.4 Å². The highest BCUT2D eigenvalue weighted by Gasteiger charge is 2.16. The number of anilines is 3. The van der Waals surface area contributed by atoms with E-state index in [0.29, 0.717) is 40.8 Å². The number of rotatable bonds is 14. The number of ether oxygens (including phenoxy) is 1. The molecule has 1 amide bonds. The molecule has 0 atom stereocenters. The lowest BCUT2D eigenvalue weighted by atomic mass is 10.1. The molecule has 0 aliphatic carbocycles. The first-order chi connectivity index (χ1) is 19.3. The third kappa shape index (κ3) is 9.81. The van der Waals surface area contributed by atoms with Crippen LogP contribution in [-0.2, 0) is 17.8 Å². The summed E-state index contributed by atoms with van der Waals surface area (Å²) in [6, 6.07) is 11.6. The van der Waals surface area contributed by atoms with Crippen molar-refractivity contribution in [2.45, 2.75) is 33.8 Å². The van der Waals surface area contributed by atoms with Gasteiger partial charge in [-0.1, -0.05) is 44.5 Å². The van der Waals surface area contributed by atoms with Crippen molar-refractivity contribution in [3.8, 4) is 5.75 Å². The van der Waals surface area contributed by atoms with E-state index in [9.17, 15) is 9.18 Å². The molecule has 8 nitrogen and oxygen atoms in total. The number of aromatic nitrogens is 2. The lowest BCUT2D eigenvalue weighted by Gasteiger charge is -2.23. The Morgan fingerprint density at radius 2 is 1.88 bits per heavy atom. The average molecular weight is 571 g/mol. The second-order valence-electron chi connectivity index (χ2n) is 8.83. The maximum atomic E-state index is 13.4. The molecule has 0 saturated carbocycles. The lowest BCUT2D eigenvalue weighted by Crippen LogP contribution is -2.39. The zero-order chi connectivity index (χ0) is 29.5. The Bertz CT molecular complexity index is 1220. The first-order valence-electron chi connectivity index (χ1n) is 13.3. The van der Waals surface area contributed by atoms with Gasteiger partial charge < -0.3 is 25.2 Å². The second kappa shape index (κ2) is 17.1. The zero-order valence-electron chi connectivity index (χ0n) is 23.8. The molecule has 0 saturated heterocycles. The van der Waals surface area contributed by atoms with E-state index in [-0.39, 0.29) is 24.9 Å². The van der Waals surface area contributed by atoms with Crippen LogP contribution in [0.2, 0.25) is 5.02 Å². The monoisotopic (exact) mass is 570 g/mol. The van der Waals surface area contributed by atoms with E-state index in [1.54, 1.807) is 30.5 Å². The molecule has 0 fully saturated rings. The molecule has 1 aromatic heterocycles. The maximum absolute atomic E-state index is 13.4. The smallest absolute Gasteiger partial charge is 0.239 e. The molecule has 3 rings (SSSR count). The summed E-state index contributed by atoms with van der Waals surface area (Å²) in [6.07, 6.45) is 2.35. The van der Waals surface area contributed by atoms with E-state index in [1.165, 1.54) is 12.1 Å². The molecule has 216 valence electrons. The number of nitrogens with zero attached hydrogens (tertiary/aromatic N) is 4. The van der Waals surface area contributed by atoms with Crippen LogP contribution in [-0.4, -0.2) is 60.8 Å². The molecule has 0 unspecified atom stereocenters. The fourth-order valence-electron chi connectivity index (χ4n) is 4.05. The number of carbonyl (C=O) groups is 1. The molecule has 40 heavy (non-hydrogen) atoms. The number of amides is 1.